The highest BCUT2D eigenvalue weighted by molar-refractivity contribution is 5.97. The molecule has 1 spiro atoms. The topological polar surface area (TPSA) is 80.3 Å². The largest absolute Gasteiger partial charge is 0.490 e. The molecule has 0 bridgehead atoms. The number of halogens is 1. The van der Waals surface area contributed by atoms with Gasteiger partial charge in [0.05, 0.1) is 37.1 Å². The van der Waals surface area contributed by atoms with E-state index in [9.17, 15) is 9.18 Å². The zero-order chi connectivity index (χ0) is 29.0. The molecule has 1 amide bonds. The Kier molecular flexibility index (Phi) is 6.78. The SMILES string of the molecule is C[C@@H]1COC[C@@H](C)N1C(=O)c1cc(F)ccc1Oc1cncnc1N1CC2(CC(Oc3cccc4c3CN(C)C4)C2)C1. The minimum atomic E-state index is -0.497. The first-order valence-electron chi connectivity index (χ1n) is 14.7. The molecule has 7 rings (SSSR count). The Balaban J connectivity index is 1.03. The van der Waals surface area contributed by atoms with E-state index in [2.05, 4.69) is 45.0 Å². The number of fused-ring (bicyclic) bond motifs is 1. The number of morpholine rings is 1. The highest BCUT2D eigenvalue weighted by Crippen LogP contribution is 2.52. The molecule has 3 aromatic rings. The van der Waals surface area contributed by atoms with Gasteiger partial charge >= 0.3 is 0 Å². The average Bonchev–Trinajstić information content (AvgIpc) is 3.31. The zero-order valence-corrected chi connectivity index (χ0v) is 24.3. The normalized spacial score (nSPS) is 23.3. The summed E-state index contributed by atoms with van der Waals surface area (Å²) in [6, 6.07) is 10.1. The first-order chi connectivity index (χ1) is 20.3. The van der Waals surface area contributed by atoms with Gasteiger partial charge in [0.25, 0.3) is 5.91 Å². The Labute approximate surface area is 245 Å². The van der Waals surface area contributed by atoms with Gasteiger partial charge in [-0.25, -0.2) is 14.4 Å². The molecule has 3 fully saturated rings. The Morgan fingerprint density at radius 3 is 2.62 bits per heavy atom. The first-order valence-corrected chi connectivity index (χ1v) is 14.7. The van der Waals surface area contributed by atoms with Crippen LogP contribution in [-0.2, 0) is 17.8 Å². The van der Waals surface area contributed by atoms with E-state index in [1.54, 1.807) is 11.1 Å². The number of carbonyl (C=O) groups is 1. The molecule has 0 radical (unpaired) electrons. The van der Waals surface area contributed by atoms with Crippen molar-refractivity contribution in [1.82, 2.24) is 19.8 Å². The summed E-state index contributed by atoms with van der Waals surface area (Å²) in [7, 11) is 2.13. The third-order valence-corrected chi connectivity index (χ3v) is 9.02. The molecule has 220 valence electrons. The summed E-state index contributed by atoms with van der Waals surface area (Å²) in [6.07, 6.45) is 5.31. The molecule has 4 heterocycles. The Morgan fingerprint density at radius 2 is 1.83 bits per heavy atom. The highest BCUT2D eigenvalue weighted by Gasteiger charge is 2.54. The fourth-order valence-corrected chi connectivity index (χ4v) is 7.05. The van der Waals surface area contributed by atoms with Crippen molar-refractivity contribution in [3.05, 3.63) is 71.4 Å². The predicted molar refractivity (Wildman–Crippen MR) is 154 cm³/mol. The molecule has 4 aliphatic rings. The molecular formula is C32H36FN5O4. The lowest BCUT2D eigenvalue weighted by atomic mass is 9.61. The molecule has 1 aromatic heterocycles. The van der Waals surface area contributed by atoms with E-state index in [4.69, 9.17) is 14.2 Å². The van der Waals surface area contributed by atoms with Crippen molar-refractivity contribution in [1.29, 1.82) is 0 Å². The third kappa shape index (κ3) is 4.86. The quantitative estimate of drug-likeness (QED) is 0.422. The van der Waals surface area contributed by atoms with Gasteiger partial charge in [0.2, 0.25) is 0 Å². The maximum atomic E-state index is 14.4. The van der Waals surface area contributed by atoms with Crippen LogP contribution in [0.1, 0.15) is 48.2 Å². The maximum Gasteiger partial charge on any atom is 0.258 e. The van der Waals surface area contributed by atoms with E-state index in [-0.39, 0.29) is 40.8 Å². The van der Waals surface area contributed by atoms with Crippen LogP contribution >= 0.6 is 0 Å². The molecule has 0 unspecified atom stereocenters. The van der Waals surface area contributed by atoms with Crippen molar-refractivity contribution < 1.29 is 23.4 Å². The van der Waals surface area contributed by atoms with Crippen molar-refractivity contribution >= 4 is 11.7 Å². The number of aromatic nitrogens is 2. The van der Waals surface area contributed by atoms with Crippen LogP contribution in [0, 0.1) is 11.2 Å². The van der Waals surface area contributed by atoms with Crippen molar-refractivity contribution in [2.75, 3.05) is 38.3 Å². The van der Waals surface area contributed by atoms with Crippen LogP contribution in [0.15, 0.2) is 48.9 Å². The van der Waals surface area contributed by atoms with Gasteiger partial charge in [0.1, 0.15) is 29.7 Å². The maximum absolute atomic E-state index is 14.4. The molecule has 1 saturated carbocycles. The minimum Gasteiger partial charge on any atom is -0.490 e. The van der Waals surface area contributed by atoms with E-state index in [0.717, 1.165) is 44.8 Å². The summed E-state index contributed by atoms with van der Waals surface area (Å²) in [5, 5.41) is 0. The summed E-state index contributed by atoms with van der Waals surface area (Å²) in [4.78, 5) is 28.5. The van der Waals surface area contributed by atoms with Gasteiger partial charge in [-0.05, 0) is 63.6 Å². The standard InChI is InChI=1S/C32H36FN5O4/c1-20-15-40-16-21(2)38(20)31(39)25-9-23(33)7-8-28(25)42-29-12-34-19-35-30(29)37-17-32(18-37)10-24(11-32)41-27-6-4-5-22-13-36(3)14-26(22)27/h4-9,12,19-21,24H,10-11,13-18H2,1-3H3/t20-,21-/m1/s1. The van der Waals surface area contributed by atoms with Gasteiger partial charge in [-0.2, -0.15) is 0 Å². The van der Waals surface area contributed by atoms with E-state index in [1.807, 2.05) is 13.8 Å². The molecule has 10 heteroatoms. The highest BCUT2D eigenvalue weighted by atomic mass is 19.1. The number of benzene rings is 2. The lowest BCUT2D eigenvalue weighted by Crippen LogP contribution is -2.65. The zero-order valence-electron chi connectivity index (χ0n) is 24.3. The fraction of sp³-hybridized carbons (Fsp3) is 0.469. The average molecular weight is 574 g/mol. The third-order valence-electron chi connectivity index (χ3n) is 9.02. The first kappa shape index (κ1) is 27.1. The molecule has 9 nitrogen and oxygen atoms in total. The lowest BCUT2D eigenvalue weighted by molar-refractivity contribution is -0.0349. The molecule has 0 N–H and O–H groups in total. The molecule has 3 aliphatic heterocycles. The number of nitrogens with zero attached hydrogens (tertiary/aromatic N) is 5. The number of ether oxygens (including phenoxy) is 3. The van der Waals surface area contributed by atoms with E-state index in [1.165, 1.54) is 35.7 Å². The smallest absolute Gasteiger partial charge is 0.258 e. The van der Waals surface area contributed by atoms with Crippen LogP contribution in [-0.4, -0.2) is 77.2 Å². The summed E-state index contributed by atoms with van der Waals surface area (Å²) in [6.45, 7) is 8.31. The second-order valence-corrected chi connectivity index (χ2v) is 12.5. The molecule has 2 atom stereocenters. The molecule has 1 aliphatic carbocycles. The van der Waals surface area contributed by atoms with Crippen molar-refractivity contribution in [3.8, 4) is 17.2 Å². The van der Waals surface area contributed by atoms with Crippen LogP contribution in [0.3, 0.4) is 0 Å². The summed E-state index contributed by atoms with van der Waals surface area (Å²) in [5.41, 5.74) is 3.04. The molecule has 2 saturated heterocycles. The Bertz CT molecular complexity index is 1490. The van der Waals surface area contributed by atoms with E-state index < -0.39 is 5.82 Å². The number of hydrogen-bond acceptors (Lipinski definition) is 8. The van der Waals surface area contributed by atoms with Gasteiger partial charge in [0, 0.05) is 37.2 Å². The van der Waals surface area contributed by atoms with Crippen LogP contribution in [0.25, 0.3) is 0 Å². The second-order valence-electron chi connectivity index (χ2n) is 12.5. The number of amides is 1. The Hall–Kier alpha value is -3.76. The minimum absolute atomic E-state index is 0.135. The van der Waals surface area contributed by atoms with Crippen molar-refractivity contribution in [3.63, 3.8) is 0 Å². The van der Waals surface area contributed by atoms with Gasteiger partial charge in [-0.15, -0.1) is 0 Å². The van der Waals surface area contributed by atoms with Crippen molar-refractivity contribution in [2.24, 2.45) is 5.41 Å². The Morgan fingerprint density at radius 1 is 1.05 bits per heavy atom. The monoisotopic (exact) mass is 573 g/mol. The fourth-order valence-electron chi connectivity index (χ4n) is 7.05. The predicted octanol–water partition coefficient (Wildman–Crippen LogP) is 4.65. The van der Waals surface area contributed by atoms with Crippen LogP contribution in [0.4, 0.5) is 10.2 Å². The van der Waals surface area contributed by atoms with Crippen LogP contribution < -0.4 is 14.4 Å². The van der Waals surface area contributed by atoms with Crippen LogP contribution in [0.2, 0.25) is 0 Å². The molecular weight excluding hydrogens is 537 g/mol. The van der Waals surface area contributed by atoms with E-state index in [0.29, 0.717) is 24.8 Å². The number of carbonyl (C=O) groups excluding carboxylic acids is 1. The summed E-state index contributed by atoms with van der Waals surface area (Å²) < 4.78 is 32.7. The van der Waals surface area contributed by atoms with Gasteiger partial charge in [-0.1, -0.05) is 12.1 Å². The van der Waals surface area contributed by atoms with Gasteiger partial charge < -0.3 is 24.0 Å². The second kappa shape index (κ2) is 10.5. The van der Waals surface area contributed by atoms with Gasteiger partial charge in [0.15, 0.2) is 11.6 Å². The molecule has 2 aromatic carbocycles. The van der Waals surface area contributed by atoms with Gasteiger partial charge in [-0.3, -0.25) is 9.69 Å². The van der Waals surface area contributed by atoms with E-state index >= 15 is 0 Å². The van der Waals surface area contributed by atoms with Crippen molar-refractivity contribution in [2.45, 2.75) is 58.0 Å². The summed E-state index contributed by atoms with van der Waals surface area (Å²) >= 11 is 0. The number of hydrogen-bond donors (Lipinski definition) is 0. The number of anilines is 1. The number of rotatable bonds is 6. The summed E-state index contributed by atoms with van der Waals surface area (Å²) in [5.74, 6) is 1.61. The molecule has 42 heavy (non-hydrogen) atoms. The van der Waals surface area contributed by atoms with Crippen LogP contribution in [0.5, 0.6) is 17.2 Å². The lowest BCUT2D eigenvalue weighted by Gasteiger charge is -2.59.